The first-order valence-electron chi connectivity index (χ1n) is 7.54. The molecule has 2 rings (SSSR count). The first-order valence-corrected chi connectivity index (χ1v) is 9.77. The van der Waals surface area contributed by atoms with Crippen LogP contribution in [-0.2, 0) is 14.8 Å². The van der Waals surface area contributed by atoms with Crippen molar-refractivity contribution in [1.82, 2.24) is 0 Å². The Kier molecular flexibility index (Phi) is 6.39. The maximum Gasteiger partial charge on any atom is 0.232 e. The molecule has 0 spiro atoms. The van der Waals surface area contributed by atoms with Crippen molar-refractivity contribution in [3.8, 4) is 0 Å². The molecule has 0 fully saturated rings. The van der Waals surface area contributed by atoms with Gasteiger partial charge in [-0.3, -0.25) is 9.10 Å². The Morgan fingerprint density at radius 1 is 1.20 bits per heavy atom. The van der Waals surface area contributed by atoms with Crippen LogP contribution in [0.25, 0.3) is 0 Å². The summed E-state index contributed by atoms with van der Waals surface area (Å²) < 4.78 is 38.3. The quantitative estimate of drug-likeness (QED) is 0.792. The molecule has 0 saturated carbocycles. The molecule has 1 amide bonds. The summed E-state index contributed by atoms with van der Waals surface area (Å²) in [5, 5.41) is 3.00. The Hall–Kier alpha value is -2.12. The predicted molar refractivity (Wildman–Crippen MR) is 97.9 cm³/mol. The van der Waals surface area contributed by atoms with Gasteiger partial charge in [0.2, 0.25) is 15.9 Å². The van der Waals surface area contributed by atoms with Gasteiger partial charge in [0, 0.05) is 23.7 Å². The lowest BCUT2D eigenvalue weighted by Crippen LogP contribution is -2.31. The van der Waals surface area contributed by atoms with E-state index in [-0.39, 0.29) is 18.9 Å². The minimum absolute atomic E-state index is 0.100. The standard InChI is InChI=1S/C17H18ClFN2O3S/c1-25(23,24)21(16-8-2-5-13(18)11-16)10-4-9-17(22)20-15-7-3-6-14(19)12-15/h2-3,5-8,11-12H,4,9-10H2,1H3,(H,20,22). The van der Waals surface area contributed by atoms with E-state index in [2.05, 4.69) is 5.32 Å². The maximum atomic E-state index is 13.1. The van der Waals surface area contributed by atoms with Crippen LogP contribution in [0, 0.1) is 5.82 Å². The largest absolute Gasteiger partial charge is 0.326 e. The second-order valence-electron chi connectivity index (χ2n) is 5.48. The number of carbonyl (C=O) groups is 1. The van der Waals surface area contributed by atoms with Crippen molar-refractivity contribution >= 4 is 38.9 Å². The van der Waals surface area contributed by atoms with Gasteiger partial charge < -0.3 is 5.32 Å². The molecule has 2 aromatic carbocycles. The first kappa shape index (κ1) is 19.2. The van der Waals surface area contributed by atoms with E-state index >= 15 is 0 Å². The van der Waals surface area contributed by atoms with Gasteiger partial charge in [-0.1, -0.05) is 23.7 Å². The summed E-state index contributed by atoms with van der Waals surface area (Å²) in [5.74, 6) is -0.757. The van der Waals surface area contributed by atoms with Crippen LogP contribution >= 0.6 is 11.6 Å². The third-order valence-electron chi connectivity index (χ3n) is 3.37. The SMILES string of the molecule is CS(=O)(=O)N(CCCC(=O)Nc1cccc(F)c1)c1cccc(Cl)c1. The molecular weight excluding hydrogens is 367 g/mol. The van der Waals surface area contributed by atoms with E-state index in [9.17, 15) is 17.6 Å². The lowest BCUT2D eigenvalue weighted by atomic mass is 10.2. The highest BCUT2D eigenvalue weighted by molar-refractivity contribution is 7.92. The third-order valence-corrected chi connectivity index (χ3v) is 4.80. The highest BCUT2D eigenvalue weighted by Gasteiger charge is 2.17. The van der Waals surface area contributed by atoms with Crippen molar-refractivity contribution in [2.45, 2.75) is 12.8 Å². The second kappa shape index (κ2) is 8.31. The molecule has 0 saturated heterocycles. The number of rotatable bonds is 7. The van der Waals surface area contributed by atoms with Crippen LogP contribution in [0.3, 0.4) is 0 Å². The lowest BCUT2D eigenvalue weighted by Gasteiger charge is -2.22. The van der Waals surface area contributed by atoms with E-state index in [1.165, 1.54) is 22.5 Å². The normalized spacial score (nSPS) is 11.2. The van der Waals surface area contributed by atoms with Gasteiger partial charge in [-0.15, -0.1) is 0 Å². The van der Waals surface area contributed by atoms with Gasteiger partial charge >= 0.3 is 0 Å². The average molecular weight is 385 g/mol. The zero-order valence-corrected chi connectivity index (χ0v) is 15.1. The Balaban J connectivity index is 1.96. The van der Waals surface area contributed by atoms with E-state index in [4.69, 9.17) is 11.6 Å². The van der Waals surface area contributed by atoms with Crippen molar-refractivity contribution < 1.29 is 17.6 Å². The highest BCUT2D eigenvalue weighted by Crippen LogP contribution is 2.22. The molecular formula is C17H18ClFN2O3S. The van der Waals surface area contributed by atoms with Crippen LogP contribution in [-0.4, -0.2) is 27.1 Å². The smallest absolute Gasteiger partial charge is 0.232 e. The zero-order chi connectivity index (χ0) is 18.4. The van der Waals surface area contributed by atoms with Crippen molar-refractivity contribution in [3.63, 3.8) is 0 Å². The summed E-state index contributed by atoms with van der Waals surface area (Å²) in [6, 6.07) is 12.1. The molecule has 8 heteroatoms. The van der Waals surface area contributed by atoms with Crippen molar-refractivity contribution in [3.05, 3.63) is 59.4 Å². The minimum atomic E-state index is -3.50. The number of benzene rings is 2. The second-order valence-corrected chi connectivity index (χ2v) is 7.82. The number of sulfonamides is 1. The van der Waals surface area contributed by atoms with Crippen LogP contribution in [0.2, 0.25) is 5.02 Å². The Bertz CT molecular complexity index is 858. The molecule has 5 nitrogen and oxygen atoms in total. The van der Waals surface area contributed by atoms with E-state index in [1.807, 2.05) is 0 Å². The van der Waals surface area contributed by atoms with Gasteiger partial charge in [-0.25, -0.2) is 12.8 Å². The number of hydrogen-bond acceptors (Lipinski definition) is 3. The van der Waals surface area contributed by atoms with Crippen molar-refractivity contribution in [2.75, 3.05) is 22.4 Å². The molecule has 0 atom stereocenters. The Labute approximate surface area is 151 Å². The summed E-state index contributed by atoms with van der Waals surface area (Å²) >= 11 is 5.91. The summed E-state index contributed by atoms with van der Waals surface area (Å²) in [7, 11) is -3.50. The van der Waals surface area contributed by atoms with E-state index in [0.29, 0.717) is 22.8 Å². The van der Waals surface area contributed by atoms with Crippen LogP contribution in [0.4, 0.5) is 15.8 Å². The van der Waals surface area contributed by atoms with Crippen LogP contribution < -0.4 is 9.62 Å². The van der Waals surface area contributed by atoms with Gasteiger partial charge in [-0.05, 0) is 42.8 Å². The van der Waals surface area contributed by atoms with Crippen molar-refractivity contribution in [1.29, 1.82) is 0 Å². The van der Waals surface area contributed by atoms with E-state index in [0.717, 1.165) is 6.26 Å². The fourth-order valence-corrected chi connectivity index (χ4v) is 3.43. The Morgan fingerprint density at radius 2 is 1.92 bits per heavy atom. The van der Waals surface area contributed by atoms with Crippen LogP contribution in [0.5, 0.6) is 0 Å². The van der Waals surface area contributed by atoms with Gasteiger partial charge in [-0.2, -0.15) is 0 Å². The number of halogens is 2. The Morgan fingerprint density at radius 3 is 2.56 bits per heavy atom. The molecule has 0 aliphatic heterocycles. The highest BCUT2D eigenvalue weighted by atomic mass is 35.5. The number of carbonyl (C=O) groups excluding carboxylic acids is 1. The molecule has 0 unspecified atom stereocenters. The monoisotopic (exact) mass is 384 g/mol. The summed E-state index contributed by atoms with van der Waals surface area (Å²) in [6.07, 6.45) is 1.50. The topological polar surface area (TPSA) is 66.5 Å². The average Bonchev–Trinajstić information content (AvgIpc) is 2.50. The molecule has 1 N–H and O–H groups in total. The molecule has 0 bridgehead atoms. The van der Waals surface area contributed by atoms with E-state index < -0.39 is 15.8 Å². The third kappa shape index (κ3) is 6.03. The number of hydrogen-bond donors (Lipinski definition) is 1. The predicted octanol–water partition coefficient (Wildman–Crippen LogP) is 3.66. The molecule has 0 aliphatic rings. The fraction of sp³-hybridized carbons (Fsp3) is 0.235. The maximum absolute atomic E-state index is 13.1. The van der Waals surface area contributed by atoms with Crippen LogP contribution in [0.1, 0.15) is 12.8 Å². The molecule has 0 heterocycles. The van der Waals surface area contributed by atoms with Gasteiger partial charge in [0.1, 0.15) is 5.82 Å². The minimum Gasteiger partial charge on any atom is -0.326 e. The van der Waals surface area contributed by atoms with Gasteiger partial charge in [0.15, 0.2) is 0 Å². The molecule has 25 heavy (non-hydrogen) atoms. The lowest BCUT2D eigenvalue weighted by molar-refractivity contribution is -0.116. The van der Waals surface area contributed by atoms with Gasteiger partial charge in [0.05, 0.1) is 11.9 Å². The fourth-order valence-electron chi connectivity index (χ4n) is 2.29. The van der Waals surface area contributed by atoms with E-state index in [1.54, 1.807) is 30.3 Å². The number of amides is 1. The zero-order valence-electron chi connectivity index (χ0n) is 13.6. The number of anilines is 2. The molecule has 2 aromatic rings. The summed E-state index contributed by atoms with van der Waals surface area (Å²) in [6.45, 7) is 0.135. The summed E-state index contributed by atoms with van der Waals surface area (Å²) in [4.78, 5) is 11.9. The first-order chi connectivity index (χ1) is 11.8. The number of nitrogens with zero attached hydrogens (tertiary/aromatic N) is 1. The molecule has 134 valence electrons. The van der Waals surface area contributed by atoms with Crippen LogP contribution in [0.15, 0.2) is 48.5 Å². The van der Waals surface area contributed by atoms with Crippen molar-refractivity contribution in [2.24, 2.45) is 0 Å². The molecule has 0 aromatic heterocycles. The summed E-state index contributed by atoms with van der Waals surface area (Å²) in [5.41, 5.74) is 0.806. The molecule has 0 radical (unpaired) electrons. The number of nitrogens with one attached hydrogen (secondary N) is 1. The molecule has 0 aliphatic carbocycles. The van der Waals surface area contributed by atoms with Gasteiger partial charge in [0.25, 0.3) is 0 Å².